The van der Waals surface area contributed by atoms with Crippen molar-refractivity contribution in [2.45, 2.75) is 25.8 Å². The summed E-state index contributed by atoms with van der Waals surface area (Å²) in [4.78, 5) is 19.2. The molecule has 0 bridgehead atoms. The van der Waals surface area contributed by atoms with E-state index in [1.807, 2.05) is 0 Å². The summed E-state index contributed by atoms with van der Waals surface area (Å²) in [5.41, 5.74) is 1.34. The fraction of sp³-hybridized carbons (Fsp3) is 0.250. The van der Waals surface area contributed by atoms with Crippen molar-refractivity contribution in [3.05, 3.63) is 61.7 Å². The molecule has 112 valence electrons. The minimum absolute atomic E-state index is 0.0951. The maximum atomic E-state index is 13.9. The molecule has 1 aliphatic rings. The molecule has 0 N–H and O–H groups in total. The van der Waals surface area contributed by atoms with Gasteiger partial charge in [-0.05, 0) is 37.0 Å². The van der Waals surface area contributed by atoms with E-state index < -0.39 is 5.82 Å². The fourth-order valence-corrected chi connectivity index (χ4v) is 4.43. The summed E-state index contributed by atoms with van der Waals surface area (Å²) in [5.74, 6) is -0.407. The van der Waals surface area contributed by atoms with Crippen molar-refractivity contribution in [3.8, 4) is 0 Å². The van der Waals surface area contributed by atoms with Gasteiger partial charge >= 0.3 is 0 Å². The normalized spacial score (nSPS) is 13.7. The Bertz CT molecular complexity index is 927. The van der Waals surface area contributed by atoms with Crippen LogP contribution in [-0.2, 0) is 19.4 Å². The monoisotopic (exact) mass is 334 g/mol. The zero-order valence-electron chi connectivity index (χ0n) is 11.6. The van der Waals surface area contributed by atoms with Gasteiger partial charge in [0, 0.05) is 15.5 Å². The number of fused-ring (bicyclic) bond motifs is 3. The summed E-state index contributed by atoms with van der Waals surface area (Å²) in [6, 6.07) is 4.52. The maximum absolute atomic E-state index is 13.9. The Balaban J connectivity index is 1.86. The van der Waals surface area contributed by atoms with Crippen LogP contribution in [0.2, 0.25) is 5.02 Å². The van der Waals surface area contributed by atoms with E-state index in [1.165, 1.54) is 21.8 Å². The number of benzene rings is 1. The predicted molar refractivity (Wildman–Crippen MR) is 86.4 cm³/mol. The average Bonchev–Trinajstić information content (AvgIpc) is 3.05. The molecular formula is C16H12ClFN2OS. The molecule has 0 unspecified atom stereocenters. The standard InChI is InChI=1S/C16H12ClFN2OS/c17-11-4-2-5-12(18)10(11)7-20-8-19-15-14(16(20)21)9-3-1-6-13(9)22-15/h2,4-5,8H,1,3,6-7H2. The molecule has 0 fully saturated rings. The summed E-state index contributed by atoms with van der Waals surface area (Å²) in [6.45, 7) is 0.0951. The van der Waals surface area contributed by atoms with Gasteiger partial charge in [0.05, 0.1) is 18.3 Å². The van der Waals surface area contributed by atoms with E-state index >= 15 is 0 Å². The summed E-state index contributed by atoms with van der Waals surface area (Å²) in [7, 11) is 0. The Morgan fingerprint density at radius 3 is 3.05 bits per heavy atom. The zero-order valence-corrected chi connectivity index (χ0v) is 13.2. The number of hydrogen-bond donors (Lipinski definition) is 0. The molecule has 1 aromatic carbocycles. The average molecular weight is 335 g/mol. The third-order valence-corrected chi connectivity index (χ3v) is 5.64. The van der Waals surface area contributed by atoms with Gasteiger partial charge in [0.2, 0.25) is 0 Å². The molecule has 3 nitrogen and oxygen atoms in total. The van der Waals surface area contributed by atoms with Crippen LogP contribution in [0.25, 0.3) is 10.2 Å². The van der Waals surface area contributed by atoms with Crippen molar-refractivity contribution in [3.63, 3.8) is 0 Å². The molecule has 0 aliphatic heterocycles. The van der Waals surface area contributed by atoms with Gasteiger partial charge in [0.15, 0.2) is 0 Å². The van der Waals surface area contributed by atoms with Crippen LogP contribution in [0.1, 0.15) is 22.4 Å². The van der Waals surface area contributed by atoms with Gasteiger partial charge in [-0.1, -0.05) is 17.7 Å². The fourth-order valence-electron chi connectivity index (χ4n) is 2.99. The van der Waals surface area contributed by atoms with Gasteiger partial charge in [-0.2, -0.15) is 0 Å². The Morgan fingerprint density at radius 1 is 1.36 bits per heavy atom. The van der Waals surface area contributed by atoms with Gasteiger partial charge in [-0.15, -0.1) is 11.3 Å². The van der Waals surface area contributed by atoms with Crippen LogP contribution < -0.4 is 5.56 Å². The summed E-state index contributed by atoms with van der Waals surface area (Å²) >= 11 is 7.65. The minimum Gasteiger partial charge on any atom is -0.294 e. The first-order valence-electron chi connectivity index (χ1n) is 7.07. The molecule has 0 spiro atoms. The second-order valence-corrected chi connectivity index (χ2v) is 6.91. The molecule has 4 rings (SSSR count). The number of nitrogens with zero attached hydrogens (tertiary/aromatic N) is 2. The van der Waals surface area contributed by atoms with Crippen LogP contribution in [-0.4, -0.2) is 9.55 Å². The number of rotatable bonds is 2. The first kappa shape index (κ1) is 13.9. The molecule has 2 aromatic heterocycles. The molecule has 0 amide bonds. The van der Waals surface area contributed by atoms with Crippen molar-refractivity contribution >= 4 is 33.2 Å². The van der Waals surface area contributed by atoms with E-state index in [0.717, 1.165) is 29.7 Å². The van der Waals surface area contributed by atoms with Crippen LogP contribution in [0.5, 0.6) is 0 Å². The third kappa shape index (κ3) is 2.08. The lowest BCUT2D eigenvalue weighted by Gasteiger charge is -2.08. The highest BCUT2D eigenvalue weighted by Gasteiger charge is 2.21. The highest BCUT2D eigenvalue weighted by atomic mass is 35.5. The second-order valence-electron chi connectivity index (χ2n) is 5.42. The number of hydrogen-bond acceptors (Lipinski definition) is 3. The van der Waals surface area contributed by atoms with Crippen LogP contribution in [0.4, 0.5) is 4.39 Å². The quantitative estimate of drug-likeness (QED) is 0.714. The molecule has 3 aromatic rings. The van der Waals surface area contributed by atoms with Crippen LogP contribution in [0.15, 0.2) is 29.3 Å². The van der Waals surface area contributed by atoms with E-state index in [1.54, 1.807) is 23.5 Å². The molecular weight excluding hydrogens is 323 g/mol. The minimum atomic E-state index is -0.407. The Hall–Kier alpha value is -1.72. The lowest BCUT2D eigenvalue weighted by atomic mass is 10.2. The van der Waals surface area contributed by atoms with Crippen LogP contribution in [0.3, 0.4) is 0 Å². The summed E-state index contributed by atoms with van der Waals surface area (Å²) < 4.78 is 15.4. The van der Waals surface area contributed by atoms with Gasteiger partial charge in [-0.25, -0.2) is 9.37 Å². The Labute approximate surface area is 135 Å². The van der Waals surface area contributed by atoms with Crippen molar-refractivity contribution in [2.75, 3.05) is 0 Å². The largest absolute Gasteiger partial charge is 0.294 e. The summed E-state index contributed by atoms with van der Waals surface area (Å²) in [6.07, 6.45) is 4.52. The number of thiophene rings is 1. The first-order valence-corrected chi connectivity index (χ1v) is 8.27. The molecule has 2 heterocycles. The zero-order chi connectivity index (χ0) is 15.3. The molecule has 0 atom stereocenters. The van der Waals surface area contributed by atoms with Gasteiger partial charge in [-0.3, -0.25) is 9.36 Å². The smallest absolute Gasteiger partial charge is 0.262 e. The van der Waals surface area contributed by atoms with Crippen molar-refractivity contribution in [1.82, 2.24) is 9.55 Å². The highest BCUT2D eigenvalue weighted by molar-refractivity contribution is 7.18. The van der Waals surface area contributed by atoms with Crippen molar-refractivity contribution < 1.29 is 4.39 Å². The van der Waals surface area contributed by atoms with E-state index in [2.05, 4.69) is 4.98 Å². The molecule has 0 radical (unpaired) electrons. The molecule has 0 saturated heterocycles. The van der Waals surface area contributed by atoms with Gasteiger partial charge in [0.25, 0.3) is 5.56 Å². The van der Waals surface area contributed by atoms with E-state index in [9.17, 15) is 9.18 Å². The Morgan fingerprint density at radius 2 is 2.23 bits per heavy atom. The number of aryl methyl sites for hydroxylation is 2. The topological polar surface area (TPSA) is 34.9 Å². The predicted octanol–water partition coefficient (Wildman–Crippen LogP) is 3.79. The molecule has 22 heavy (non-hydrogen) atoms. The summed E-state index contributed by atoms with van der Waals surface area (Å²) in [5, 5.41) is 1.02. The highest BCUT2D eigenvalue weighted by Crippen LogP contribution is 2.34. The maximum Gasteiger partial charge on any atom is 0.262 e. The lowest BCUT2D eigenvalue weighted by molar-refractivity contribution is 0.595. The van der Waals surface area contributed by atoms with Crippen LogP contribution in [0, 0.1) is 5.82 Å². The van der Waals surface area contributed by atoms with E-state index in [-0.39, 0.29) is 12.1 Å². The molecule has 1 aliphatic carbocycles. The first-order chi connectivity index (χ1) is 10.6. The third-order valence-electron chi connectivity index (χ3n) is 4.08. The Kier molecular flexibility index (Phi) is 3.27. The van der Waals surface area contributed by atoms with Crippen LogP contribution >= 0.6 is 22.9 Å². The number of aromatic nitrogens is 2. The van der Waals surface area contributed by atoms with E-state index in [0.29, 0.717) is 16.0 Å². The van der Waals surface area contributed by atoms with Gasteiger partial charge < -0.3 is 0 Å². The van der Waals surface area contributed by atoms with Crippen molar-refractivity contribution in [1.29, 1.82) is 0 Å². The molecule has 6 heteroatoms. The SMILES string of the molecule is O=c1c2c3c(sc2ncn1Cc1c(F)cccc1Cl)CCC3. The lowest BCUT2D eigenvalue weighted by Crippen LogP contribution is -2.22. The molecule has 0 saturated carbocycles. The second kappa shape index (κ2) is 5.18. The van der Waals surface area contributed by atoms with Gasteiger partial charge in [0.1, 0.15) is 10.6 Å². The van der Waals surface area contributed by atoms with Crippen molar-refractivity contribution in [2.24, 2.45) is 0 Å². The number of halogens is 2. The van der Waals surface area contributed by atoms with E-state index in [4.69, 9.17) is 11.6 Å².